The lowest BCUT2D eigenvalue weighted by Gasteiger charge is -2.34. The average molecular weight is 456 g/mol. The van der Waals surface area contributed by atoms with E-state index in [-0.39, 0.29) is 23.6 Å². The molecular formula is C23H22F2N4O4. The van der Waals surface area contributed by atoms with Crippen LogP contribution in [0.1, 0.15) is 40.7 Å². The number of hydrogen-bond donors (Lipinski definition) is 0. The van der Waals surface area contributed by atoms with Crippen LogP contribution in [0.3, 0.4) is 0 Å². The Labute approximate surface area is 188 Å². The number of hydrogen-bond acceptors (Lipinski definition) is 6. The third-order valence-corrected chi connectivity index (χ3v) is 5.44. The van der Waals surface area contributed by atoms with Crippen molar-refractivity contribution in [3.8, 4) is 0 Å². The van der Waals surface area contributed by atoms with Gasteiger partial charge in [0.1, 0.15) is 24.1 Å². The Kier molecular flexibility index (Phi) is 6.74. The zero-order chi connectivity index (χ0) is 23.4. The Hall–Kier alpha value is -3.66. The van der Waals surface area contributed by atoms with Gasteiger partial charge < -0.3 is 14.4 Å². The first-order chi connectivity index (χ1) is 15.9. The molecule has 3 aromatic rings. The molecule has 0 unspecified atom stereocenters. The molecule has 8 nitrogen and oxygen atoms in total. The van der Waals surface area contributed by atoms with Crippen molar-refractivity contribution in [1.82, 2.24) is 19.7 Å². The molecule has 4 rings (SSSR count). The molecule has 1 fully saturated rings. The number of rotatable bonds is 5. The van der Waals surface area contributed by atoms with Crippen molar-refractivity contribution in [3.05, 3.63) is 83.4 Å². The fourth-order valence-corrected chi connectivity index (χ4v) is 3.69. The molecular weight excluding hydrogens is 434 g/mol. The predicted molar refractivity (Wildman–Crippen MR) is 112 cm³/mol. The Bertz CT molecular complexity index is 1060. The van der Waals surface area contributed by atoms with Crippen LogP contribution in [-0.2, 0) is 9.47 Å². The SMILES string of the molecule is COC(=O)c1ncn(C(=O)N2CCC(OC(c3ccc(F)cc3)c3ccc(F)cc3)CC2)n1. The number of halogens is 2. The van der Waals surface area contributed by atoms with Gasteiger partial charge in [0.05, 0.1) is 13.2 Å². The minimum absolute atomic E-state index is 0.171. The molecule has 10 heteroatoms. The molecule has 0 radical (unpaired) electrons. The molecule has 33 heavy (non-hydrogen) atoms. The maximum Gasteiger partial charge on any atom is 0.377 e. The Balaban J connectivity index is 1.42. The van der Waals surface area contributed by atoms with Crippen LogP contribution in [0.4, 0.5) is 13.6 Å². The van der Waals surface area contributed by atoms with Crippen molar-refractivity contribution >= 4 is 12.0 Å². The van der Waals surface area contributed by atoms with Crippen molar-refractivity contribution in [2.75, 3.05) is 20.2 Å². The number of carbonyl (C=O) groups is 2. The zero-order valence-electron chi connectivity index (χ0n) is 17.9. The number of aromatic nitrogens is 3. The minimum atomic E-state index is -0.721. The van der Waals surface area contributed by atoms with Gasteiger partial charge in [-0.2, -0.15) is 4.68 Å². The smallest absolute Gasteiger partial charge is 0.377 e. The molecule has 1 aromatic heterocycles. The van der Waals surface area contributed by atoms with E-state index >= 15 is 0 Å². The fraction of sp³-hybridized carbons (Fsp3) is 0.304. The van der Waals surface area contributed by atoms with Gasteiger partial charge in [-0.05, 0) is 48.2 Å². The third-order valence-electron chi connectivity index (χ3n) is 5.44. The van der Waals surface area contributed by atoms with E-state index in [1.807, 2.05) is 0 Å². The van der Waals surface area contributed by atoms with Crippen molar-refractivity contribution < 1.29 is 27.8 Å². The largest absolute Gasteiger partial charge is 0.463 e. The summed E-state index contributed by atoms with van der Waals surface area (Å²) in [5.74, 6) is -1.62. The Morgan fingerprint density at radius 3 is 2.03 bits per heavy atom. The van der Waals surface area contributed by atoms with E-state index in [9.17, 15) is 18.4 Å². The highest BCUT2D eigenvalue weighted by atomic mass is 19.1. The van der Waals surface area contributed by atoms with Crippen LogP contribution in [0.5, 0.6) is 0 Å². The highest BCUT2D eigenvalue weighted by molar-refractivity contribution is 5.85. The van der Waals surface area contributed by atoms with Crippen molar-refractivity contribution in [3.63, 3.8) is 0 Å². The quantitative estimate of drug-likeness (QED) is 0.546. The number of likely N-dealkylation sites (tertiary alicyclic amines) is 1. The third kappa shape index (κ3) is 5.23. The number of piperidine rings is 1. The van der Waals surface area contributed by atoms with E-state index in [0.29, 0.717) is 25.9 Å². The molecule has 0 saturated carbocycles. The Morgan fingerprint density at radius 2 is 1.52 bits per heavy atom. The summed E-state index contributed by atoms with van der Waals surface area (Å²) >= 11 is 0. The van der Waals surface area contributed by atoms with Gasteiger partial charge in [0.15, 0.2) is 0 Å². The molecule has 0 aliphatic carbocycles. The van der Waals surface area contributed by atoms with Crippen molar-refractivity contribution in [2.24, 2.45) is 0 Å². The molecule has 2 aromatic carbocycles. The molecule has 1 aliphatic rings. The molecule has 0 atom stereocenters. The standard InChI is InChI=1S/C23H22F2N4O4/c1-32-22(30)21-26-14-29(27-21)23(31)28-12-10-19(11-13-28)33-20(15-2-6-17(24)7-3-15)16-4-8-18(25)9-5-16/h2-9,14,19-20H,10-13H2,1H3. The Morgan fingerprint density at radius 1 is 0.970 bits per heavy atom. The second-order valence-corrected chi connectivity index (χ2v) is 7.59. The molecule has 1 aliphatic heterocycles. The van der Waals surface area contributed by atoms with Gasteiger partial charge in [-0.1, -0.05) is 24.3 Å². The first-order valence-corrected chi connectivity index (χ1v) is 10.4. The average Bonchev–Trinajstić information content (AvgIpc) is 3.34. The molecule has 1 amide bonds. The van der Waals surface area contributed by atoms with Gasteiger partial charge in [0, 0.05) is 13.1 Å². The topological polar surface area (TPSA) is 86.5 Å². The van der Waals surface area contributed by atoms with E-state index in [1.165, 1.54) is 37.7 Å². The number of carbonyl (C=O) groups excluding carboxylic acids is 2. The minimum Gasteiger partial charge on any atom is -0.463 e. The summed E-state index contributed by atoms with van der Waals surface area (Å²) in [6.07, 6.45) is 1.62. The maximum atomic E-state index is 13.4. The number of methoxy groups -OCH3 is 1. The molecule has 0 N–H and O–H groups in total. The van der Waals surface area contributed by atoms with E-state index in [4.69, 9.17) is 4.74 Å². The first-order valence-electron chi connectivity index (χ1n) is 10.4. The maximum absolute atomic E-state index is 13.4. The first kappa shape index (κ1) is 22.5. The van der Waals surface area contributed by atoms with Crippen LogP contribution >= 0.6 is 0 Å². The van der Waals surface area contributed by atoms with Gasteiger partial charge >= 0.3 is 12.0 Å². The van der Waals surface area contributed by atoms with Gasteiger partial charge in [0.25, 0.3) is 5.82 Å². The lowest BCUT2D eigenvalue weighted by Crippen LogP contribution is -2.43. The second-order valence-electron chi connectivity index (χ2n) is 7.59. The van der Waals surface area contributed by atoms with Crippen LogP contribution in [0.25, 0.3) is 0 Å². The van der Waals surface area contributed by atoms with E-state index < -0.39 is 18.1 Å². The van der Waals surface area contributed by atoms with E-state index in [1.54, 1.807) is 29.2 Å². The van der Waals surface area contributed by atoms with Crippen LogP contribution in [-0.4, -0.2) is 58.0 Å². The van der Waals surface area contributed by atoms with Crippen molar-refractivity contribution in [1.29, 1.82) is 0 Å². The lowest BCUT2D eigenvalue weighted by molar-refractivity contribution is -0.0213. The number of esters is 1. The summed E-state index contributed by atoms with van der Waals surface area (Å²) in [5.41, 5.74) is 1.50. The molecule has 172 valence electrons. The normalized spacial score (nSPS) is 14.5. The van der Waals surface area contributed by atoms with Crippen LogP contribution in [0, 0.1) is 11.6 Å². The summed E-state index contributed by atoms with van der Waals surface area (Å²) in [6.45, 7) is 0.826. The van der Waals surface area contributed by atoms with Gasteiger partial charge in [-0.15, -0.1) is 5.10 Å². The summed E-state index contributed by atoms with van der Waals surface area (Å²) in [4.78, 5) is 29.6. The van der Waals surface area contributed by atoms with E-state index in [2.05, 4.69) is 14.8 Å². The van der Waals surface area contributed by atoms with Gasteiger partial charge in [-0.25, -0.2) is 23.4 Å². The summed E-state index contributed by atoms with van der Waals surface area (Å²) in [6, 6.07) is 11.6. The van der Waals surface area contributed by atoms with Gasteiger partial charge in [0.2, 0.25) is 0 Å². The molecule has 0 spiro atoms. The number of ether oxygens (including phenoxy) is 2. The second kappa shape index (κ2) is 9.86. The molecule has 1 saturated heterocycles. The monoisotopic (exact) mass is 456 g/mol. The van der Waals surface area contributed by atoms with Crippen LogP contribution in [0.15, 0.2) is 54.9 Å². The number of amides is 1. The fourth-order valence-electron chi connectivity index (χ4n) is 3.69. The molecule has 0 bridgehead atoms. The van der Waals surface area contributed by atoms with Crippen LogP contribution in [0.2, 0.25) is 0 Å². The highest BCUT2D eigenvalue weighted by Gasteiger charge is 2.28. The summed E-state index contributed by atoms with van der Waals surface area (Å²) in [5, 5.41) is 3.86. The zero-order valence-corrected chi connectivity index (χ0v) is 17.9. The lowest BCUT2D eigenvalue weighted by atomic mass is 10.00. The van der Waals surface area contributed by atoms with Gasteiger partial charge in [-0.3, -0.25) is 0 Å². The number of nitrogens with zero attached hydrogens (tertiary/aromatic N) is 4. The van der Waals surface area contributed by atoms with E-state index in [0.717, 1.165) is 15.8 Å². The highest BCUT2D eigenvalue weighted by Crippen LogP contribution is 2.30. The predicted octanol–water partition coefficient (Wildman–Crippen LogP) is 3.58. The summed E-state index contributed by atoms with van der Waals surface area (Å²) < 4.78 is 38.8. The summed E-state index contributed by atoms with van der Waals surface area (Å²) in [7, 11) is 1.21. The molecule has 2 heterocycles. The van der Waals surface area contributed by atoms with Crippen molar-refractivity contribution in [2.45, 2.75) is 25.0 Å². The van der Waals surface area contributed by atoms with Crippen LogP contribution < -0.4 is 0 Å². The number of benzene rings is 2.